The van der Waals surface area contributed by atoms with Crippen molar-refractivity contribution in [3.05, 3.63) is 28.8 Å². The summed E-state index contributed by atoms with van der Waals surface area (Å²) < 4.78 is 11.3. The Balaban J connectivity index is 3.30. The Labute approximate surface area is 141 Å². The van der Waals surface area contributed by atoms with Gasteiger partial charge in [-0.3, -0.25) is 0 Å². The van der Waals surface area contributed by atoms with Gasteiger partial charge in [-0.05, 0) is 42.4 Å². The molecule has 0 atom stereocenters. The molecule has 0 aromatic heterocycles. The maximum Gasteiger partial charge on any atom is 0.341 e. The van der Waals surface area contributed by atoms with Crippen molar-refractivity contribution in [2.24, 2.45) is 5.41 Å². The van der Waals surface area contributed by atoms with E-state index in [1.165, 1.54) is 5.56 Å². The molecule has 0 aliphatic carbocycles. The summed E-state index contributed by atoms with van der Waals surface area (Å²) in [5.74, 6) is 0.423. The zero-order valence-electron chi connectivity index (χ0n) is 15.6. The lowest BCUT2D eigenvalue weighted by molar-refractivity contribution is 0.0519. The molecular formula is C20H32O3. The van der Waals surface area contributed by atoms with Crippen molar-refractivity contribution in [2.45, 2.75) is 67.2 Å². The Bertz CT molecular complexity index is 512. The highest BCUT2D eigenvalue weighted by atomic mass is 16.5. The van der Waals surface area contributed by atoms with E-state index >= 15 is 0 Å². The van der Waals surface area contributed by atoms with Crippen LogP contribution in [0.15, 0.2) is 12.1 Å². The van der Waals surface area contributed by atoms with Gasteiger partial charge in [0.15, 0.2) is 0 Å². The van der Waals surface area contributed by atoms with Crippen molar-refractivity contribution in [3.63, 3.8) is 0 Å². The maximum absolute atomic E-state index is 12.4. The van der Waals surface area contributed by atoms with Crippen molar-refractivity contribution in [1.82, 2.24) is 0 Å². The lowest BCUT2D eigenvalue weighted by Gasteiger charge is -2.22. The van der Waals surface area contributed by atoms with E-state index in [1.54, 1.807) is 0 Å². The van der Waals surface area contributed by atoms with Gasteiger partial charge in [-0.2, -0.15) is 0 Å². The maximum atomic E-state index is 12.4. The second kappa shape index (κ2) is 8.95. The second-order valence-corrected chi connectivity index (χ2v) is 7.20. The van der Waals surface area contributed by atoms with Crippen LogP contribution in [0, 0.1) is 5.41 Å². The molecule has 0 radical (unpaired) electrons. The topological polar surface area (TPSA) is 35.5 Å². The molecule has 0 heterocycles. The molecule has 0 N–H and O–H groups in total. The van der Waals surface area contributed by atoms with E-state index in [0.717, 1.165) is 31.2 Å². The third-order valence-corrected chi connectivity index (χ3v) is 3.43. The Morgan fingerprint density at radius 3 is 2.22 bits per heavy atom. The molecule has 1 aromatic rings. The number of carbonyl (C=O) groups excluding carboxylic acids is 1. The summed E-state index contributed by atoms with van der Waals surface area (Å²) in [5.41, 5.74) is 2.91. The summed E-state index contributed by atoms with van der Waals surface area (Å²) in [4.78, 5) is 12.4. The molecular weight excluding hydrogens is 288 g/mol. The monoisotopic (exact) mass is 320 g/mol. The van der Waals surface area contributed by atoms with Crippen LogP contribution in [-0.4, -0.2) is 19.2 Å². The van der Waals surface area contributed by atoms with E-state index in [-0.39, 0.29) is 11.4 Å². The third kappa shape index (κ3) is 6.25. The van der Waals surface area contributed by atoms with Crippen LogP contribution >= 0.6 is 0 Å². The summed E-state index contributed by atoms with van der Waals surface area (Å²) in [6, 6.07) is 4.13. The zero-order valence-corrected chi connectivity index (χ0v) is 15.6. The molecule has 0 amide bonds. The first-order chi connectivity index (χ1) is 10.8. The van der Waals surface area contributed by atoms with Crippen LogP contribution in [0.1, 0.15) is 75.9 Å². The van der Waals surface area contributed by atoms with Crippen LogP contribution in [0.5, 0.6) is 5.75 Å². The van der Waals surface area contributed by atoms with Gasteiger partial charge in [0.25, 0.3) is 0 Å². The molecule has 0 saturated carbocycles. The van der Waals surface area contributed by atoms with Crippen molar-refractivity contribution < 1.29 is 14.3 Å². The van der Waals surface area contributed by atoms with Gasteiger partial charge in [0.2, 0.25) is 0 Å². The predicted molar refractivity (Wildman–Crippen MR) is 95.3 cm³/mol. The molecule has 1 aromatic carbocycles. The van der Waals surface area contributed by atoms with Crippen LogP contribution in [0.2, 0.25) is 0 Å². The van der Waals surface area contributed by atoms with Crippen molar-refractivity contribution >= 4 is 5.97 Å². The Morgan fingerprint density at radius 1 is 1.04 bits per heavy atom. The lowest BCUT2D eigenvalue weighted by atomic mass is 9.96. The second-order valence-electron chi connectivity index (χ2n) is 7.20. The van der Waals surface area contributed by atoms with Crippen LogP contribution < -0.4 is 4.74 Å². The summed E-state index contributed by atoms with van der Waals surface area (Å²) in [7, 11) is 0. The fraction of sp³-hybridized carbons (Fsp3) is 0.650. The Kier molecular flexibility index (Phi) is 7.60. The number of hydrogen-bond acceptors (Lipinski definition) is 3. The first-order valence-corrected chi connectivity index (χ1v) is 8.78. The number of esters is 1. The zero-order chi connectivity index (χ0) is 17.5. The molecule has 0 unspecified atom stereocenters. The quantitative estimate of drug-likeness (QED) is 0.618. The summed E-state index contributed by atoms with van der Waals surface area (Å²) in [5, 5.41) is 0. The molecule has 1 rings (SSSR count). The fourth-order valence-electron chi connectivity index (χ4n) is 2.46. The minimum atomic E-state index is -0.285. The number of carbonyl (C=O) groups is 1. The van der Waals surface area contributed by atoms with Crippen LogP contribution in [0.4, 0.5) is 0 Å². The first-order valence-electron chi connectivity index (χ1n) is 8.78. The molecule has 0 bridgehead atoms. The van der Waals surface area contributed by atoms with Gasteiger partial charge in [-0.25, -0.2) is 4.79 Å². The van der Waals surface area contributed by atoms with Crippen molar-refractivity contribution in [2.75, 3.05) is 13.2 Å². The van der Waals surface area contributed by atoms with Gasteiger partial charge in [0, 0.05) is 0 Å². The van der Waals surface area contributed by atoms with E-state index in [9.17, 15) is 4.79 Å². The number of ether oxygens (including phenoxy) is 2. The SMILES string of the molecule is CCCc1cc(CCC)c(OCC(C)(C)C)c(C(=O)OCC)c1. The van der Waals surface area contributed by atoms with Gasteiger partial charge in [0.1, 0.15) is 11.3 Å². The number of hydrogen-bond donors (Lipinski definition) is 0. The highest BCUT2D eigenvalue weighted by Gasteiger charge is 2.21. The standard InChI is InChI=1S/C20H32O3/c1-7-10-15-12-16(11-8-2)18(23-14-20(4,5)6)17(13-15)19(21)22-9-3/h12-13H,7-11,14H2,1-6H3. The third-order valence-electron chi connectivity index (χ3n) is 3.43. The molecule has 0 aliphatic heterocycles. The average Bonchev–Trinajstić information content (AvgIpc) is 2.45. The largest absolute Gasteiger partial charge is 0.492 e. The molecule has 3 nitrogen and oxygen atoms in total. The molecule has 0 fully saturated rings. The fourth-order valence-corrected chi connectivity index (χ4v) is 2.46. The number of rotatable bonds is 8. The average molecular weight is 320 g/mol. The van der Waals surface area contributed by atoms with Crippen LogP contribution in [0.25, 0.3) is 0 Å². The Morgan fingerprint density at radius 2 is 1.70 bits per heavy atom. The molecule has 0 saturated heterocycles. The van der Waals surface area contributed by atoms with E-state index in [4.69, 9.17) is 9.47 Å². The lowest BCUT2D eigenvalue weighted by Crippen LogP contribution is -2.19. The van der Waals surface area contributed by atoms with Gasteiger partial charge in [-0.1, -0.05) is 53.5 Å². The van der Waals surface area contributed by atoms with E-state index in [0.29, 0.717) is 24.5 Å². The minimum Gasteiger partial charge on any atom is -0.492 e. The van der Waals surface area contributed by atoms with E-state index < -0.39 is 0 Å². The molecule has 3 heteroatoms. The highest BCUT2D eigenvalue weighted by molar-refractivity contribution is 5.93. The normalized spacial score (nSPS) is 11.4. The Hall–Kier alpha value is -1.51. The van der Waals surface area contributed by atoms with Gasteiger partial charge in [-0.15, -0.1) is 0 Å². The first kappa shape index (κ1) is 19.5. The summed E-state index contributed by atoms with van der Waals surface area (Å²) >= 11 is 0. The molecule has 0 aliphatic rings. The molecule has 23 heavy (non-hydrogen) atoms. The van der Waals surface area contributed by atoms with E-state index in [1.807, 2.05) is 13.0 Å². The van der Waals surface area contributed by atoms with E-state index in [2.05, 4.69) is 40.7 Å². The van der Waals surface area contributed by atoms with Crippen LogP contribution in [-0.2, 0) is 17.6 Å². The summed E-state index contributed by atoms with van der Waals surface area (Å²) in [6.07, 6.45) is 3.94. The van der Waals surface area contributed by atoms with Gasteiger partial charge >= 0.3 is 5.97 Å². The van der Waals surface area contributed by atoms with Gasteiger partial charge in [0.05, 0.1) is 13.2 Å². The number of aryl methyl sites for hydroxylation is 2. The summed E-state index contributed by atoms with van der Waals surface area (Å²) in [6.45, 7) is 13.4. The smallest absolute Gasteiger partial charge is 0.341 e. The minimum absolute atomic E-state index is 0.0392. The number of benzene rings is 1. The van der Waals surface area contributed by atoms with Crippen LogP contribution in [0.3, 0.4) is 0 Å². The van der Waals surface area contributed by atoms with Crippen molar-refractivity contribution in [3.8, 4) is 5.75 Å². The van der Waals surface area contributed by atoms with Gasteiger partial charge < -0.3 is 9.47 Å². The van der Waals surface area contributed by atoms with Crippen molar-refractivity contribution in [1.29, 1.82) is 0 Å². The molecule has 130 valence electrons. The highest BCUT2D eigenvalue weighted by Crippen LogP contribution is 2.30. The predicted octanol–water partition coefficient (Wildman–Crippen LogP) is 5.19. The molecule has 0 spiro atoms.